The number of nitrogens with zero attached hydrogens (tertiary/aromatic N) is 2. The molecule has 0 saturated carbocycles. The molecule has 0 atom stereocenters. The van der Waals surface area contributed by atoms with Crippen molar-refractivity contribution in [1.29, 1.82) is 0 Å². The van der Waals surface area contributed by atoms with Gasteiger partial charge in [0, 0.05) is 10.7 Å². The van der Waals surface area contributed by atoms with Crippen LogP contribution in [-0.2, 0) is 0 Å². The van der Waals surface area contributed by atoms with Gasteiger partial charge in [-0.3, -0.25) is 0 Å². The van der Waals surface area contributed by atoms with E-state index in [9.17, 15) is 0 Å². The molecule has 2 heterocycles. The van der Waals surface area contributed by atoms with Gasteiger partial charge >= 0.3 is 0 Å². The van der Waals surface area contributed by atoms with Gasteiger partial charge in [-0.1, -0.05) is 17.7 Å². The Balaban J connectivity index is 2.06. The zero-order valence-electron chi connectivity index (χ0n) is 9.22. The van der Waals surface area contributed by atoms with E-state index in [1.54, 1.807) is 0 Å². The highest BCUT2D eigenvalue weighted by Gasteiger charge is 2.07. The number of rotatable bonds is 2. The van der Waals surface area contributed by atoms with Crippen LogP contribution in [0.15, 0.2) is 35.7 Å². The van der Waals surface area contributed by atoms with Gasteiger partial charge < -0.3 is 11.1 Å². The molecule has 0 aliphatic rings. The molecule has 0 unspecified atom stereocenters. The number of nitrogens with two attached hydrogens (primary N) is 1. The lowest BCUT2D eigenvalue weighted by Gasteiger charge is -2.07. The number of halogens is 1. The summed E-state index contributed by atoms with van der Waals surface area (Å²) in [7, 11) is 0. The quantitative estimate of drug-likeness (QED) is 0.749. The molecule has 3 N–H and O–H groups in total. The van der Waals surface area contributed by atoms with E-state index in [0.29, 0.717) is 10.8 Å². The van der Waals surface area contributed by atoms with Crippen LogP contribution in [0.25, 0.3) is 10.2 Å². The molecule has 3 aromatic rings. The van der Waals surface area contributed by atoms with Crippen LogP contribution in [-0.4, -0.2) is 9.97 Å². The van der Waals surface area contributed by atoms with Crippen LogP contribution in [0.4, 0.5) is 17.5 Å². The van der Waals surface area contributed by atoms with E-state index in [0.717, 1.165) is 15.9 Å². The van der Waals surface area contributed by atoms with E-state index >= 15 is 0 Å². The number of anilines is 3. The lowest BCUT2D eigenvalue weighted by atomic mass is 10.3. The normalized spacial score (nSPS) is 10.7. The first kappa shape index (κ1) is 11.3. The maximum atomic E-state index is 5.94. The summed E-state index contributed by atoms with van der Waals surface area (Å²) in [5.41, 5.74) is 6.55. The maximum absolute atomic E-state index is 5.94. The SMILES string of the molecule is Nc1nc(Nc2cccc(Cl)c2)c2ccsc2n1. The first-order chi connectivity index (χ1) is 8.72. The van der Waals surface area contributed by atoms with Gasteiger partial charge in [-0.25, -0.2) is 4.98 Å². The molecule has 0 aliphatic carbocycles. The van der Waals surface area contributed by atoms with Gasteiger partial charge in [-0.2, -0.15) is 4.98 Å². The van der Waals surface area contributed by atoms with Crippen molar-refractivity contribution < 1.29 is 0 Å². The van der Waals surface area contributed by atoms with Crippen molar-refractivity contribution in [1.82, 2.24) is 9.97 Å². The molecule has 90 valence electrons. The number of thiophene rings is 1. The molecule has 0 amide bonds. The second-order valence-electron chi connectivity index (χ2n) is 3.71. The number of fused-ring (bicyclic) bond motifs is 1. The Labute approximate surface area is 112 Å². The Hall–Kier alpha value is -1.85. The van der Waals surface area contributed by atoms with Gasteiger partial charge in [0.25, 0.3) is 0 Å². The Morgan fingerprint density at radius 2 is 2.11 bits per heavy atom. The Morgan fingerprint density at radius 1 is 1.22 bits per heavy atom. The van der Waals surface area contributed by atoms with Crippen LogP contribution in [0.1, 0.15) is 0 Å². The van der Waals surface area contributed by atoms with E-state index in [4.69, 9.17) is 17.3 Å². The largest absolute Gasteiger partial charge is 0.368 e. The van der Waals surface area contributed by atoms with E-state index in [-0.39, 0.29) is 5.95 Å². The predicted octanol–water partition coefficient (Wildman–Crippen LogP) is 3.67. The minimum Gasteiger partial charge on any atom is -0.368 e. The summed E-state index contributed by atoms with van der Waals surface area (Å²) in [6.45, 7) is 0. The minimum absolute atomic E-state index is 0.259. The van der Waals surface area contributed by atoms with Crippen LogP contribution in [0.3, 0.4) is 0 Å². The lowest BCUT2D eigenvalue weighted by Crippen LogP contribution is -2.00. The van der Waals surface area contributed by atoms with Crippen LogP contribution >= 0.6 is 22.9 Å². The Morgan fingerprint density at radius 3 is 2.94 bits per heavy atom. The third kappa shape index (κ3) is 2.10. The van der Waals surface area contributed by atoms with Crippen molar-refractivity contribution in [3.05, 3.63) is 40.7 Å². The Kier molecular flexibility index (Phi) is 2.77. The molecule has 0 bridgehead atoms. The van der Waals surface area contributed by atoms with E-state index in [1.807, 2.05) is 35.7 Å². The Bertz CT molecular complexity index is 710. The number of hydrogen-bond acceptors (Lipinski definition) is 5. The lowest BCUT2D eigenvalue weighted by molar-refractivity contribution is 1.24. The zero-order chi connectivity index (χ0) is 12.5. The van der Waals surface area contributed by atoms with Crippen molar-refractivity contribution in [2.75, 3.05) is 11.1 Å². The average molecular weight is 277 g/mol. The van der Waals surface area contributed by atoms with Gasteiger partial charge in [0.2, 0.25) is 5.95 Å². The molecular weight excluding hydrogens is 268 g/mol. The molecule has 6 heteroatoms. The number of aromatic nitrogens is 2. The fraction of sp³-hybridized carbons (Fsp3) is 0. The standard InChI is InChI=1S/C12H9ClN4S/c13-7-2-1-3-8(6-7)15-10-9-4-5-18-11(9)17-12(14)16-10/h1-6H,(H3,14,15,16,17). The number of nitrogens with one attached hydrogen (secondary N) is 1. The van der Waals surface area contributed by atoms with Crippen LogP contribution in [0.5, 0.6) is 0 Å². The summed E-state index contributed by atoms with van der Waals surface area (Å²) in [6, 6.07) is 9.41. The monoisotopic (exact) mass is 276 g/mol. The third-order valence-electron chi connectivity index (χ3n) is 2.43. The zero-order valence-corrected chi connectivity index (χ0v) is 10.8. The summed E-state index contributed by atoms with van der Waals surface area (Å²) >= 11 is 7.48. The van der Waals surface area contributed by atoms with Crippen LogP contribution < -0.4 is 11.1 Å². The molecule has 0 saturated heterocycles. The predicted molar refractivity (Wildman–Crippen MR) is 76.6 cm³/mol. The highest BCUT2D eigenvalue weighted by molar-refractivity contribution is 7.16. The van der Waals surface area contributed by atoms with E-state index < -0.39 is 0 Å². The number of hydrogen-bond donors (Lipinski definition) is 2. The minimum atomic E-state index is 0.259. The van der Waals surface area contributed by atoms with Crippen molar-refractivity contribution in [3.63, 3.8) is 0 Å². The van der Waals surface area contributed by atoms with Gasteiger partial charge in [0.15, 0.2) is 0 Å². The molecule has 0 aliphatic heterocycles. The molecule has 2 aromatic heterocycles. The molecule has 0 fully saturated rings. The van der Waals surface area contributed by atoms with E-state index in [2.05, 4.69) is 15.3 Å². The average Bonchev–Trinajstić information content (AvgIpc) is 2.77. The van der Waals surface area contributed by atoms with Crippen LogP contribution in [0.2, 0.25) is 5.02 Å². The maximum Gasteiger partial charge on any atom is 0.223 e. The molecular formula is C12H9ClN4S. The summed E-state index contributed by atoms with van der Waals surface area (Å²) in [5.74, 6) is 0.954. The molecule has 4 nitrogen and oxygen atoms in total. The molecule has 1 aromatic carbocycles. The molecule has 0 radical (unpaired) electrons. The smallest absolute Gasteiger partial charge is 0.223 e. The van der Waals surface area contributed by atoms with Crippen molar-refractivity contribution in [2.45, 2.75) is 0 Å². The van der Waals surface area contributed by atoms with Gasteiger partial charge in [0.1, 0.15) is 10.6 Å². The second kappa shape index (κ2) is 4.44. The highest BCUT2D eigenvalue weighted by Crippen LogP contribution is 2.28. The number of nitrogen functional groups attached to an aromatic ring is 1. The summed E-state index contributed by atoms with van der Waals surface area (Å²) < 4.78 is 0. The fourth-order valence-corrected chi connectivity index (χ4v) is 2.63. The first-order valence-corrected chi connectivity index (χ1v) is 6.51. The van der Waals surface area contributed by atoms with Gasteiger partial charge in [0.05, 0.1) is 5.39 Å². The topological polar surface area (TPSA) is 63.8 Å². The molecule has 3 rings (SSSR count). The number of benzene rings is 1. The molecule has 18 heavy (non-hydrogen) atoms. The second-order valence-corrected chi connectivity index (χ2v) is 5.04. The van der Waals surface area contributed by atoms with Crippen molar-refractivity contribution >= 4 is 50.6 Å². The summed E-state index contributed by atoms with van der Waals surface area (Å²) in [5, 5.41) is 6.79. The van der Waals surface area contributed by atoms with E-state index in [1.165, 1.54) is 11.3 Å². The van der Waals surface area contributed by atoms with Gasteiger partial charge in [-0.05, 0) is 29.6 Å². The van der Waals surface area contributed by atoms with Crippen molar-refractivity contribution in [3.8, 4) is 0 Å². The highest BCUT2D eigenvalue weighted by atomic mass is 35.5. The third-order valence-corrected chi connectivity index (χ3v) is 3.47. The summed E-state index contributed by atoms with van der Waals surface area (Å²) in [6.07, 6.45) is 0. The molecule has 0 spiro atoms. The van der Waals surface area contributed by atoms with Crippen LogP contribution in [0, 0.1) is 0 Å². The van der Waals surface area contributed by atoms with Gasteiger partial charge in [-0.15, -0.1) is 11.3 Å². The van der Waals surface area contributed by atoms with Crippen molar-refractivity contribution in [2.24, 2.45) is 0 Å². The first-order valence-electron chi connectivity index (χ1n) is 5.26. The fourth-order valence-electron chi connectivity index (χ4n) is 1.67. The summed E-state index contributed by atoms with van der Waals surface area (Å²) in [4.78, 5) is 9.26.